The maximum absolute atomic E-state index is 12.5. The molecule has 0 aromatic carbocycles. The average molecular weight is 328 g/mol. The summed E-state index contributed by atoms with van der Waals surface area (Å²) in [7, 11) is 0. The van der Waals surface area contributed by atoms with Gasteiger partial charge in [-0.3, -0.25) is 4.79 Å². The van der Waals surface area contributed by atoms with Crippen molar-refractivity contribution in [2.75, 3.05) is 18.4 Å². The van der Waals surface area contributed by atoms with Crippen molar-refractivity contribution in [2.45, 2.75) is 19.9 Å². The van der Waals surface area contributed by atoms with Gasteiger partial charge in [-0.05, 0) is 31.0 Å². The number of thiophene rings is 1. The second kappa shape index (κ2) is 5.66. The van der Waals surface area contributed by atoms with Gasteiger partial charge in [-0.25, -0.2) is 9.97 Å². The molecule has 0 unspecified atom stereocenters. The zero-order chi connectivity index (χ0) is 15.8. The maximum atomic E-state index is 12.5. The van der Waals surface area contributed by atoms with Crippen LogP contribution in [0.3, 0.4) is 0 Å². The average Bonchev–Trinajstić information content (AvgIpc) is 3.21. The van der Waals surface area contributed by atoms with Gasteiger partial charge in [0.1, 0.15) is 17.0 Å². The van der Waals surface area contributed by atoms with Crippen LogP contribution in [0.1, 0.15) is 27.9 Å². The van der Waals surface area contributed by atoms with Gasteiger partial charge in [-0.15, -0.1) is 11.3 Å². The minimum Gasteiger partial charge on any atom is -0.459 e. The monoisotopic (exact) mass is 328 g/mol. The third kappa shape index (κ3) is 2.37. The molecule has 0 radical (unpaired) electrons. The molecule has 0 aliphatic carbocycles. The second-order valence-corrected chi connectivity index (χ2v) is 6.47. The highest BCUT2D eigenvalue weighted by molar-refractivity contribution is 7.19. The highest BCUT2D eigenvalue weighted by atomic mass is 32.1. The number of carbonyl (C=O) groups is 1. The quantitative estimate of drug-likeness (QED) is 0.800. The molecule has 3 aromatic rings. The minimum absolute atomic E-state index is 0.0592. The van der Waals surface area contributed by atoms with E-state index in [1.807, 2.05) is 4.90 Å². The number of anilines is 1. The first-order chi connectivity index (χ1) is 11.3. The Morgan fingerprint density at radius 2 is 2.39 bits per heavy atom. The van der Waals surface area contributed by atoms with Crippen molar-refractivity contribution in [2.24, 2.45) is 0 Å². The van der Waals surface area contributed by atoms with E-state index >= 15 is 0 Å². The van der Waals surface area contributed by atoms with Crippen LogP contribution in [0.4, 0.5) is 5.82 Å². The molecule has 0 saturated heterocycles. The molecule has 1 aliphatic heterocycles. The standard InChI is InChI=1S/C16H16N4O2S/c1-2-17-14-13-10-5-6-20(16(21)11-4-3-7-22-11)8-12(10)23-15(13)19-9-18-14/h3-4,7,9H,2,5-6,8H2,1H3,(H,17,18,19). The molecule has 7 heteroatoms. The smallest absolute Gasteiger partial charge is 0.289 e. The molecule has 0 spiro atoms. The van der Waals surface area contributed by atoms with Gasteiger partial charge in [-0.2, -0.15) is 0 Å². The molecular weight excluding hydrogens is 312 g/mol. The van der Waals surface area contributed by atoms with Gasteiger partial charge < -0.3 is 14.6 Å². The summed E-state index contributed by atoms with van der Waals surface area (Å²) >= 11 is 1.64. The highest BCUT2D eigenvalue weighted by Gasteiger charge is 2.27. The lowest BCUT2D eigenvalue weighted by Crippen LogP contribution is -2.35. The largest absolute Gasteiger partial charge is 0.459 e. The Morgan fingerprint density at radius 1 is 1.48 bits per heavy atom. The summed E-state index contributed by atoms with van der Waals surface area (Å²) in [5, 5.41) is 4.41. The zero-order valence-corrected chi connectivity index (χ0v) is 13.5. The molecule has 118 valence electrons. The van der Waals surface area contributed by atoms with Crippen LogP contribution in [0, 0.1) is 0 Å². The predicted octanol–water partition coefficient (Wildman–Crippen LogP) is 2.91. The summed E-state index contributed by atoms with van der Waals surface area (Å²) in [5.74, 6) is 1.22. The Morgan fingerprint density at radius 3 is 3.17 bits per heavy atom. The third-order valence-corrected chi connectivity index (χ3v) is 5.13. The Labute approximate surface area is 137 Å². The summed E-state index contributed by atoms with van der Waals surface area (Å²) in [6.45, 7) is 4.15. The van der Waals surface area contributed by atoms with Gasteiger partial charge in [0, 0.05) is 18.0 Å². The van der Waals surface area contributed by atoms with Gasteiger partial charge in [0.15, 0.2) is 5.76 Å². The molecule has 0 saturated carbocycles. The van der Waals surface area contributed by atoms with Gasteiger partial charge in [0.25, 0.3) is 5.91 Å². The first-order valence-electron chi connectivity index (χ1n) is 7.59. The van der Waals surface area contributed by atoms with E-state index in [1.54, 1.807) is 29.8 Å². The number of aromatic nitrogens is 2. The topological polar surface area (TPSA) is 71.3 Å². The van der Waals surface area contributed by atoms with Gasteiger partial charge >= 0.3 is 0 Å². The van der Waals surface area contributed by atoms with Crippen LogP contribution in [0.15, 0.2) is 29.1 Å². The van der Waals surface area contributed by atoms with E-state index in [4.69, 9.17) is 4.42 Å². The lowest BCUT2D eigenvalue weighted by atomic mass is 10.0. The minimum atomic E-state index is -0.0592. The molecular formula is C16H16N4O2S. The van der Waals surface area contributed by atoms with Crippen molar-refractivity contribution in [3.63, 3.8) is 0 Å². The lowest BCUT2D eigenvalue weighted by molar-refractivity contribution is 0.0705. The molecule has 4 rings (SSSR count). The number of rotatable bonds is 3. The normalized spacial score (nSPS) is 14.0. The van der Waals surface area contributed by atoms with Crippen molar-refractivity contribution in [1.82, 2.24) is 14.9 Å². The van der Waals surface area contributed by atoms with E-state index in [9.17, 15) is 4.79 Å². The molecule has 6 nitrogen and oxygen atoms in total. The summed E-state index contributed by atoms with van der Waals surface area (Å²) in [6, 6.07) is 3.44. The molecule has 4 heterocycles. The van der Waals surface area contributed by atoms with Crippen molar-refractivity contribution < 1.29 is 9.21 Å². The molecule has 23 heavy (non-hydrogen) atoms. The van der Waals surface area contributed by atoms with Crippen LogP contribution in [0.5, 0.6) is 0 Å². The molecule has 1 aliphatic rings. The van der Waals surface area contributed by atoms with E-state index in [2.05, 4.69) is 22.2 Å². The Kier molecular flexibility index (Phi) is 3.49. The fourth-order valence-corrected chi connectivity index (χ4v) is 4.16. The molecule has 1 amide bonds. The molecule has 3 aromatic heterocycles. The lowest BCUT2D eigenvalue weighted by Gasteiger charge is -2.26. The van der Waals surface area contributed by atoms with Crippen LogP contribution < -0.4 is 5.32 Å². The van der Waals surface area contributed by atoms with Crippen molar-refractivity contribution in [3.05, 3.63) is 40.9 Å². The fourth-order valence-electron chi connectivity index (χ4n) is 2.96. The third-order valence-electron chi connectivity index (χ3n) is 4.00. The summed E-state index contributed by atoms with van der Waals surface area (Å²) in [6.07, 6.45) is 3.93. The predicted molar refractivity (Wildman–Crippen MR) is 88.7 cm³/mol. The summed E-state index contributed by atoms with van der Waals surface area (Å²) < 4.78 is 5.23. The van der Waals surface area contributed by atoms with Gasteiger partial charge in [-0.1, -0.05) is 0 Å². The first-order valence-corrected chi connectivity index (χ1v) is 8.41. The number of hydrogen-bond acceptors (Lipinski definition) is 6. The highest BCUT2D eigenvalue weighted by Crippen LogP contribution is 2.37. The number of fused-ring (bicyclic) bond motifs is 3. The van der Waals surface area contributed by atoms with E-state index in [0.717, 1.165) is 29.0 Å². The van der Waals surface area contributed by atoms with Crippen LogP contribution in [0.25, 0.3) is 10.2 Å². The van der Waals surface area contributed by atoms with Crippen molar-refractivity contribution in [1.29, 1.82) is 0 Å². The Bertz CT molecular complexity index is 856. The van der Waals surface area contributed by atoms with E-state index in [0.29, 0.717) is 18.8 Å². The fraction of sp³-hybridized carbons (Fsp3) is 0.312. The summed E-state index contributed by atoms with van der Waals surface area (Å²) in [5.41, 5.74) is 1.27. The van der Waals surface area contributed by atoms with Crippen LogP contribution >= 0.6 is 11.3 Å². The Balaban J connectivity index is 1.69. The van der Waals surface area contributed by atoms with E-state index in [1.165, 1.54) is 16.7 Å². The van der Waals surface area contributed by atoms with Crippen LogP contribution in [-0.4, -0.2) is 33.9 Å². The van der Waals surface area contributed by atoms with Crippen molar-refractivity contribution in [3.8, 4) is 0 Å². The second-order valence-electron chi connectivity index (χ2n) is 5.39. The van der Waals surface area contributed by atoms with E-state index in [-0.39, 0.29) is 5.91 Å². The number of nitrogens with one attached hydrogen (secondary N) is 1. The van der Waals surface area contributed by atoms with Crippen molar-refractivity contribution >= 4 is 33.3 Å². The number of furan rings is 1. The first kappa shape index (κ1) is 14.2. The number of nitrogens with zero attached hydrogens (tertiary/aromatic N) is 3. The van der Waals surface area contributed by atoms with Crippen LogP contribution in [-0.2, 0) is 13.0 Å². The molecule has 0 atom stereocenters. The molecule has 1 N–H and O–H groups in total. The SMILES string of the molecule is CCNc1ncnc2sc3c(c12)CCN(C(=O)c1ccco1)C3. The zero-order valence-electron chi connectivity index (χ0n) is 12.7. The molecule has 0 bridgehead atoms. The number of amides is 1. The van der Waals surface area contributed by atoms with E-state index < -0.39 is 0 Å². The summed E-state index contributed by atoms with van der Waals surface area (Å²) in [4.78, 5) is 25.2. The molecule has 0 fully saturated rings. The number of carbonyl (C=O) groups excluding carboxylic acids is 1. The Hall–Kier alpha value is -2.41. The van der Waals surface area contributed by atoms with Crippen LogP contribution in [0.2, 0.25) is 0 Å². The maximum Gasteiger partial charge on any atom is 0.289 e. The van der Waals surface area contributed by atoms with Gasteiger partial charge in [0.2, 0.25) is 0 Å². The van der Waals surface area contributed by atoms with Gasteiger partial charge in [0.05, 0.1) is 18.2 Å². The number of hydrogen-bond donors (Lipinski definition) is 1.